The van der Waals surface area contributed by atoms with E-state index in [0.717, 1.165) is 23.2 Å². The number of carbonyl (C=O) groups excluding carboxylic acids is 1. The van der Waals surface area contributed by atoms with Crippen molar-refractivity contribution in [1.29, 1.82) is 0 Å². The molecule has 0 aliphatic rings. The average molecular weight is 321 g/mol. The number of aromatic nitrogens is 2. The lowest BCUT2D eigenvalue weighted by Crippen LogP contribution is -2.13. The number of nitrogens with zero attached hydrogens (tertiary/aromatic N) is 2. The van der Waals surface area contributed by atoms with Crippen molar-refractivity contribution < 1.29 is 9.32 Å². The van der Waals surface area contributed by atoms with E-state index in [1.54, 1.807) is 12.1 Å². The van der Waals surface area contributed by atoms with Crippen LogP contribution in [0.5, 0.6) is 0 Å². The number of carbonyl (C=O) groups is 1. The number of benzene rings is 2. The molecule has 0 aliphatic carbocycles. The first-order chi connectivity index (χ1) is 11.7. The Morgan fingerprint density at radius 2 is 1.79 bits per heavy atom. The summed E-state index contributed by atoms with van der Waals surface area (Å²) in [5.74, 6) is 1.00. The minimum Gasteiger partial charge on any atom is -0.339 e. The third-order valence-electron chi connectivity index (χ3n) is 3.82. The zero-order valence-corrected chi connectivity index (χ0v) is 13.7. The summed E-state index contributed by atoms with van der Waals surface area (Å²) in [6, 6.07) is 15.0. The Morgan fingerprint density at radius 3 is 2.46 bits per heavy atom. The molecule has 0 aliphatic heterocycles. The minimum absolute atomic E-state index is 0.134. The molecule has 1 amide bonds. The number of anilines is 1. The van der Waals surface area contributed by atoms with Gasteiger partial charge in [0, 0.05) is 23.2 Å². The van der Waals surface area contributed by atoms with E-state index in [9.17, 15) is 4.79 Å². The monoisotopic (exact) mass is 321 g/mol. The lowest BCUT2D eigenvalue weighted by molar-refractivity contribution is 0.102. The Balaban J connectivity index is 1.76. The van der Waals surface area contributed by atoms with Crippen molar-refractivity contribution >= 4 is 11.6 Å². The lowest BCUT2D eigenvalue weighted by Gasteiger charge is -2.09. The van der Waals surface area contributed by atoms with E-state index >= 15 is 0 Å². The Morgan fingerprint density at radius 1 is 1.04 bits per heavy atom. The van der Waals surface area contributed by atoms with Crippen LogP contribution in [0, 0.1) is 0 Å². The zero-order valence-electron chi connectivity index (χ0n) is 13.7. The van der Waals surface area contributed by atoms with Crippen LogP contribution in [0.15, 0.2) is 53.1 Å². The Labute approximate surface area is 140 Å². The molecule has 2 aromatic carbocycles. The predicted octanol–water partition coefficient (Wildman–Crippen LogP) is 4.11. The van der Waals surface area contributed by atoms with Crippen molar-refractivity contribution in [3.05, 3.63) is 65.5 Å². The third kappa shape index (κ3) is 3.35. The average Bonchev–Trinajstić information content (AvgIpc) is 3.11. The Kier molecular flexibility index (Phi) is 4.70. The molecule has 24 heavy (non-hydrogen) atoms. The molecule has 3 aromatic rings. The molecule has 122 valence electrons. The highest BCUT2D eigenvalue weighted by atomic mass is 16.5. The lowest BCUT2D eigenvalue weighted by atomic mass is 10.1. The van der Waals surface area contributed by atoms with E-state index in [1.807, 2.05) is 43.3 Å². The van der Waals surface area contributed by atoms with Gasteiger partial charge in [-0.2, -0.15) is 4.98 Å². The molecular weight excluding hydrogens is 302 g/mol. The van der Waals surface area contributed by atoms with Crippen LogP contribution in [-0.4, -0.2) is 16.0 Å². The van der Waals surface area contributed by atoms with E-state index < -0.39 is 0 Å². The summed E-state index contributed by atoms with van der Waals surface area (Å²) in [6.45, 7) is 4.02. The number of aryl methyl sites for hydroxylation is 2. The number of hydrogen-bond donors (Lipinski definition) is 1. The SMILES string of the molecule is CCc1nc(-c2ccc(C(=O)Nc3ccccc3CC)cc2)no1. The molecule has 5 nitrogen and oxygen atoms in total. The van der Waals surface area contributed by atoms with E-state index in [0.29, 0.717) is 23.7 Å². The van der Waals surface area contributed by atoms with Crippen LogP contribution in [0.1, 0.15) is 35.7 Å². The van der Waals surface area contributed by atoms with E-state index in [-0.39, 0.29) is 5.91 Å². The fourth-order valence-electron chi connectivity index (χ4n) is 2.43. The molecular formula is C19H19N3O2. The molecule has 0 spiro atoms. The van der Waals surface area contributed by atoms with Crippen LogP contribution in [0.3, 0.4) is 0 Å². The van der Waals surface area contributed by atoms with E-state index in [1.165, 1.54) is 0 Å². The standard InChI is InChI=1S/C19H19N3O2/c1-3-13-7-5-6-8-16(13)20-19(23)15-11-9-14(10-12-15)18-21-17(4-2)24-22-18/h5-12H,3-4H2,1-2H3,(H,20,23). The van der Waals surface area contributed by atoms with Crippen molar-refractivity contribution in [2.75, 3.05) is 5.32 Å². The maximum Gasteiger partial charge on any atom is 0.255 e. The van der Waals surface area contributed by atoms with Crippen molar-refractivity contribution in [1.82, 2.24) is 10.1 Å². The van der Waals surface area contributed by atoms with Crippen LogP contribution in [0.25, 0.3) is 11.4 Å². The zero-order chi connectivity index (χ0) is 16.9. The summed E-state index contributed by atoms with van der Waals surface area (Å²) in [5, 5.41) is 6.90. The van der Waals surface area contributed by atoms with E-state index in [4.69, 9.17) is 4.52 Å². The summed E-state index contributed by atoms with van der Waals surface area (Å²) < 4.78 is 5.11. The highest BCUT2D eigenvalue weighted by molar-refractivity contribution is 6.04. The number of hydrogen-bond acceptors (Lipinski definition) is 4. The predicted molar refractivity (Wildman–Crippen MR) is 92.9 cm³/mol. The Bertz CT molecular complexity index is 838. The van der Waals surface area contributed by atoms with Crippen molar-refractivity contribution in [2.24, 2.45) is 0 Å². The molecule has 0 saturated carbocycles. The van der Waals surface area contributed by atoms with E-state index in [2.05, 4.69) is 22.4 Å². The fourth-order valence-corrected chi connectivity index (χ4v) is 2.43. The molecule has 0 unspecified atom stereocenters. The maximum absolute atomic E-state index is 12.4. The minimum atomic E-state index is -0.134. The number of nitrogens with one attached hydrogen (secondary N) is 1. The van der Waals surface area contributed by atoms with Gasteiger partial charge in [-0.3, -0.25) is 4.79 Å². The van der Waals surface area contributed by atoms with Crippen LogP contribution in [0.2, 0.25) is 0 Å². The second kappa shape index (κ2) is 7.08. The highest BCUT2D eigenvalue weighted by Crippen LogP contribution is 2.19. The molecule has 1 aromatic heterocycles. The number of rotatable bonds is 5. The second-order valence-electron chi connectivity index (χ2n) is 5.41. The summed E-state index contributed by atoms with van der Waals surface area (Å²) in [7, 11) is 0. The van der Waals surface area contributed by atoms with Gasteiger partial charge in [-0.1, -0.05) is 49.3 Å². The van der Waals surface area contributed by atoms with Crippen LogP contribution in [0.4, 0.5) is 5.69 Å². The van der Waals surface area contributed by atoms with Crippen LogP contribution in [-0.2, 0) is 12.8 Å². The van der Waals surface area contributed by atoms with Crippen molar-refractivity contribution in [2.45, 2.75) is 26.7 Å². The van der Waals surface area contributed by atoms with Gasteiger partial charge in [0.2, 0.25) is 11.7 Å². The van der Waals surface area contributed by atoms with Crippen molar-refractivity contribution in [3.63, 3.8) is 0 Å². The van der Waals surface area contributed by atoms with Crippen molar-refractivity contribution in [3.8, 4) is 11.4 Å². The largest absolute Gasteiger partial charge is 0.339 e. The molecule has 3 rings (SSSR count). The van der Waals surface area contributed by atoms with Gasteiger partial charge in [-0.05, 0) is 30.2 Å². The number of amides is 1. The molecule has 0 fully saturated rings. The first-order valence-electron chi connectivity index (χ1n) is 8.03. The normalized spacial score (nSPS) is 10.6. The molecule has 5 heteroatoms. The first-order valence-corrected chi connectivity index (χ1v) is 8.03. The molecule has 1 heterocycles. The van der Waals surface area contributed by atoms with Gasteiger partial charge in [0.05, 0.1) is 0 Å². The molecule has 1 N–H and O–H groups in total. The smallest absolute Gasteiger partial charge is 0.255 e. The summed E-state index contributed by atoms with van der Waals surface area (Å²) in [6.07, 6.45) is 1.57. The topological polar surface area (TPSA) is 68.0 Å². The van der Waals surface area contributed by atoms with Gasteiger partial charge < -0.3 is 9.84 Å². The molecule has 0 bridgehead atoms. The molecule has 0 saturated heterocycles. The van der Waals surface area contributed by atoms with Gasteiger partial charge in [0.1, 0.15) is 0 Å². The summed E-state index contributed by atoms with van der Waals surface area (Å²) in [5.41, 5.74) is 3.37. The quantitative estimate of drug-likeness (QED) is 0.767. The Hall–Kier alpha value is -2.95. The van der Waals surface area contributed by atoms with Gasteiger partial charge in [-0.25, -0.2) is 0 Å². The molecule has 0 radical (unpaired) electrons. The molecule has 0 atom stereocenters. The van der Waals surface area contributed by atoms with Gasteiger partial charge >= 0.3 is 0 Å². The summed E-state index contributed by atoms with van der Waals surface area (Å²) in [4.78, 5) is 16.7. The van der Waals surface area contributed by atoms with Crippen LogP contribution < -0.4 is 5.32 Å². The maximum atomic E-state index is 12.4. The van der Waals surface area contributed by atoms with Gasteiger partial charge in [-0.15, -0.1) is 0 Å². The highest BCUT2D eigenvalue weighted by Gasteiger charge is 2.11. The van der Waals surface area contributed by atoms with Gasteiger partial charge in [0.25, 0.3) is 5.91 Å². The fraction of sp³-hybridized carbons (Fsp3) is 0.211. The second-order valence-corrected chi connectivity index (χ2v) is 5.41. The van der Waals surface area contributed by atoms with Gasteiger partial charge in [0.15, 0.2) is 0 Å². The summed E-state index contributed by atoms with van der Waals surface area (Å²) >= 11 is 0. The third-order valence-corrected chi connectivity index (χ3v) is 3.82. The van der Waals surface area contributed by atoms with Crippen LogP contribution >= 0.6 is 0 Å². The first kappa shape index (κ1) is 15.9. The number of para-hydroxylation sites is 1.